The first-order valence-corrected chi connectivity index (χ1v) is 8.53. The Bertz CT molecular complexity index is 530. The zero-order valence-electron chi connectivity index (χ0n) is 13.2. The van der Waals surface area contributed by atoms with E-state index in [1.165, 1.54) is 12.1 Å². The minimum atomic E-state index is -0.627. The number of carbonyl (C=O) groups excluding carboxylic acids is 1. The fraction of sp³-hybridized carbons (Fsp3) is 0.611. The average molecular weight is 323 g/mol. The molecule has 1 N–H and O–H groups in total. The minimum absolute atomic E-state index is 0.0455. The standard InChI is InChI=1S/C18H23F2NO2/c19-13-9-14(20)11-17(10-13)23-16-7-5-15(6-8-16)21-18(22)12-3-1-2-4-12/h9-12,15-16H,1-8H2,(H,21,22). The van der Waals surface area contributed by atoms with Crippen LogP contribution in [0, 0.1) is 17.6 Å². The van der Waals surface area contributed by atoms with E-state index < -0.39 is 11.6 Å². The number of benzene rings is 1. The van der Waals surface area contributed by atoms with Crippen molar-refractivity contribution in [3.63, 3.8) is 0 Å². The lowest BCUT2D eigenvalue weighted by atomic mass is 9.92. The molecule has 0 aliphatic heterocycles. The highest BCUT2D eigenvalue weighted by atomic mass is 19.1. The number of ether oxygens (including phenoxy) is 1. The first kappa shape index (κ1) is 16.2. The van der Waals surface area contributed by atoms with Crippen LogP contribution < -0.4 is 10.1 Å². The van der Waals surface area contributed by atoms with Crippen LogP contribution in [-0.4, -0.2) is 18.1 Å². The number of nitrogens with one attached hydrogen (secondary N) is 1. The molecule has 3 rings (SSSR count). The Hall–Kier alpha value is -1.65. The van der Waals surface area contributed by atoms with Gasteiger partial charge in [-0.05, 0) is 38.5 Å². The molecule has 2 aliphatic carbocycles. The third-order valence-electron chi connectivity index (χ3n) is 4.89. The smallest absolute Gasteiger partial charge is 0.223 e. The summed E-state index contributed by atoms with van der Waals surface area (Å²) >= 11 is 0. The van der Waals surface area contributed by atoms with Crippen molar-refractivity contribution in [1.82, 2.24) is 5.32 Å². The fourth-order valence-corrected chi connectivity index (χ4v) is 3.62. The van der Waals surface area contributed by atoms with Crippen molar-refractivity contribution in [2.75, 3.05) is 0 Å². The zero-order chi connectivity index (χ0) is 16.2. The predicted molar refractivity (Wildman–Crippen MR) is 83.1 cm³/mol. The second-order valence-electron chi connectivity index (χ2n) is 6.69. The molecule has 0 aromatic heterocycles. The van der Waals surface area contributed by atoms with E-state index in [0.29, 0.717) is 0 Å². The highest BCUT2D eigenvalue weighted by Gasteiger charge is 2.28. The maximum absolute atomic E-state index is 13.2. The van der Waals surface area contributed by atoms with Crippen LogP contribution in [0.25, 0.3) is 0 Å². The lowest BCUT2D eigenvalue weighted by Crippen LogP contribution is -2.41. The molecule has 1 aromatic rings. The molecule has 0 bridgehead atoms. The maximum Gasteiger partial charge on any atom is 0.223 e. The van der Waals surface area contributed by atoms with E-state index >= 15 is 0 Å². The molecular weight excluding hydrogens is 300 g/mol. The summed E-state index contributed by atoms with van der Waals surface area (Å²) in [6, 6.07) is 3.45. The van der Waals surface area contributed by atoms with Crippen LogP contribution in [0.4, 0.5) is 8.78 Å². The lowest BCUT2D eigenvalue weighted by molar-refractivity contribution is -0.125. The van der Waals surface area contributed by atoms with Crippen LogP contribution in [-0.2, 0) is 4.79 Å². The Balaban J connectivity index is 1.45. The lowest BCUT2D eigenvalue weighted by Gasteiger charge is -2.30. The highest BCUT2D eigenvalue weighted by Crippen LogP contribution is 2.27. The largest absolute Gasteiger partial charge is 0.490 e. The average Bonchev–Trinajstić information content (AvgIpc) is 3.02. The number of rotatable bonds is 4. The van der Waals surface area contributed by atoms with Gasteiger partial charge in [-0.2, -0.15) is 0 Å². The van der Waals surface area contributed by atoms with Gasteiger partial charge in [-0.25, -0.2) is 8.78 Å². The molecule has 1 aromatic carbocycles. The van der Waals surface area contributed by atoms with Crippen molar-refractivity contribution in [2.24, 2.45) is 5.92 Å². The molecule has 0 radical (unpaired) electrons. The molecule has 3 nitrogen and oxygen atoms in total. The quantitative estimate of drug-likeness (QED) is 0.911. The first-order valence-electron chi connectivity index (χ1n) is 8.53. The Morgan fingerprint density at radius 3 is 2.17 bits per heavy atom. The van der Waals surface area contributed by atoms with Crippen molar-refractivity contribution in [1.29, 1.82) is 0 Å². The molecule has 0 saturated heterocycles. The van der Waals surface area contributed by atoms with E-state index in [-0.39, 0.29) is 29.7 Å². The van der Waals surface area contributed by atoms with Crippen molar-refractivity contribution in [3.05, 3.63) is 29.8 Å². The second-order valence-corrected chi connectivity index (χ2v) is 6.69. The molecule has 5 heteroatoms. The summed E-state index contributed by atoms with van der Waals surface area (Å²) in [5, 5.41) is 3.15. The van der Waals surface area contributed by atoms with Crippen molar-refractivity contribution in [3.8, 4) is 5.75 Å². The summed E-state index contributed by atoms with van der Waals surface area (Å²) in [4.78, 5) is 12.1. The summed E-state index contributed by atoms with van der Waals surface area (Å²) in [6.45, 7) is 0. The van der Waals surface area contributed by atoms with E-state index in [2.05, 4.69) is 5.32 Å². The van der Waals surface area contributed by atoms with E-state index in [1.807, 2.05) is 0 Å². The first-order chi connectivity index (χ1) is 11.1. The molecule has 1 amide bonds. The molecule has 0 atom stereocenters. The van der Waals surface area contributed by atoms with Gasteiger partial charge in [0.25, 0.3) is 0 Å². The normalized spacial score (nSPS) is 25.3. The molecule has 0 heterocycles. The molecule has 2 saturated carbocycles. The summed E-state index contributed by atoms with van der Waals surface area (Å²) < 4.78 is 32.0. The summed E-state index contributed by atoms with van der Waals surface area (Å²) in [6.07, 6.45) is 7.55. The van der Waals surface area contributed by atoms with Crippen LogP contribution in [0.15, 0.2) is 18.2 Å². The van der Waals surface area contributed by atoms with Crippen LogP contribution in [0.5, 0.6) is 5.75 Å². The Morgan fingerprint density at radius 1 is 0.957 bits per heavy atom. The van der Waals surface area contributed by atoms with Crippen molar-refractivity contribution < 1.29 is 18.3 Å². The predicted octanol–water partition coefficient (Wildman–Crippen LogP) is 3.96. The molecular formula is C18H23F2NO2. The number of hydrogen-bond acceptors (Lipinski definition) is 2. The minimum Gasteiger partial charge on any atom is -0.490 e. The number of carbonyl (C=O) groups is 1. The molecule has 0 unspecified atom stereocenters. The van der Waals surface area contributed by atoms with Gasteiger partial charge >= 0.3 is 0 Å². The van der Waals surface area contributed by atoms with E-state index in [4.69, 9.17) is 4.74 Å². The van der Waals surface area contributed by atoms with Gasteiger partial charge < -0.3 is 10.1 Å². The Kier molecular flexibility index (Phi) is 5.13. The van der Waals surface area contributed by atoms with E-state index in [0.717, 1.165) is 57.4 Å². The van der Waals surface area contributed by atoms with Gasteiger partial charge in [-0.1, -0.05) is 12.8 Å². The fourth-order valence-electron chi connectivity index (χ4n) is 3.62. The van der Waals surface area contributed by atoms with Crippen LogP contribution in [0.3, 0.4) is 0 Å². The topological polar surface area (TPSA) is 38.3 Å². The van der Waals surface area contributed by atoms with E-state index in [9.17, 15) is 13.6 Å². The number of amides is 1. The molecule has 23 heavy (non-hydrogen) atoms. The van der Waals surface area contributed by atoms with Gasteiger partial charge in [0.15, 0.2) is 0 Å². The summed E-state index contributed by atoms with van der Waals surface area (Å²) in [5.74, 6) is -0.630. The van der Waals surface area contributed by atoms with Crippen LogP contribution in [0.1, 0.15) is 51.4 Å². The second kappa shape index (κ2) is 7.28. The van der Waals surface area contributed by atoms with Gasteiger partial charge in [0.05, 0.1) is 6.10 Å². The van der Waals surface area contributed by atoms with Gasteiger partial charge in [0.2, 0.25) is 5.91 Å². The van der Waals surface area contributed by atoms with Gasteiger partial charge in [-0.15, -0.1) is 0 Å². The van der Waals surface area contributed by atoms with Crippen molar-refractivity contribution >= 4 is 5.91 Å². The molecule has 0 spiro atoms. The summed E-state index contributed by atoms with van der Waals surface area (Å²) in [5.41, 5.74) is 0. The van der Waals surface area contributed by atoms with E-state index in [1.54, 1.807) is 0 Å². The number of halogens is 2. The summed E-state index contributed by atoms with van der Waals surface area (Å²) in [7, 11) is 0. The number of hydrogen-bond donors (Lipinski definition) is 1. The Labute approximate surface area is 135 Å². The molecule has 2 aliphatic rings. The molecule has 126 valence electrons. The molecule has 2 fully saturated rings. The van der Waals surface area contributed by atoms with Crippen molar-refractivity contribution in [2.45, 2.75) is 63.5 Å². The highest BCUT2D eigenvalue weighted by molar-refractivity contribution is 5.79. The SMILES string of the molecule is O=C(NC1CCC(Oc2cc(F)cc(F)c2)CC1)C1CCCC1. The monoisotopic (exact) mass is 323 g/mol. The van der Waals surface area contributed by atoms with Crippen LogP contribution >= 0.6 is 0 Å². The third-order valence-corrected chi connectivity index (χ3v) is 4.89. The zero-order valence-corrected chi connectivity index (χ0v) is 13.2. The Morgan fingerprint density at radius 2 is 1.57 bits per heavy atom. The van der Waals surface area contributed by atoms with Gasteiger partial charge in [0, 0.05) is 30.2 Å². The van der Waals surface area contributed by atoms with Gasteiger partial charge in [0.1, 0.15) is 17.4 Å². The maximum atomic E-state index is 13.2. The van der Waals surface area contributed by atoms with Gasteiger partial charge in [-0.3, -0.25) is 4.79 Å². The van der Waals surface area contributed by atoms with Crippen LogP contribution in [0.2, 0.25) is 0 Å². The third kappa shape index (κ3) is 4.43.